The van der Waals surface area contributed by atoms with Gasteiger partial charge < -0.3 is 16.2 Å². The Kier molecular flexibility index (Phi) is 3.91. The average Bonchev–Trinajstić information content (AvgIpc) is 2.97. The Morgan fingerprint density at radius 2 is 2.04 bits per heavy atom. The predicted molar refractivity (Wildman–Crippen MR) is 88.9 cm³/mol. The number of hydrogen-bond donors (Lipinski definition) is 3. The topological polar surface area (TPSA) is 110 Å². The summed E-state index contributed by atoms with van der Waals surface area (Å²) in [6, 6.07) is 11.0. The molecule has 2 amide bonds. The van der Waals surface area contributed by atoms with Crippen molar-refractivity contribution in [2.45, 2.75) is 13.0 Å². The third-order valence-electron chi connectivity index (χ3n) is 3.68. The van der Waals surface area contributed by atoms with Gasteiger partial charge in [-0.3, -0.25) is 9.59 Å². The van der Waals surface area contributed by atoms with E-state index in [0.717, 1.165) is 10.9 Å². The van der Waals surface area contributed by atoms with Gasteiger partial charge in [0.15, 0.2) is 0 Å². The van der Waals surface area contributed by atoms with Crippen molar-refractivity contribution < 1.29 is 14.7 Å². The number of hydrogen-bond acceptors (Lipinski definition) is 4. The van der Waals surface area contributed by atoms with Crippen LogP contribution in [0.1, 0.15) is 17.3 Å². The van der Waals surface area contributed by atoms with E-state index in [4.69, 9.17) is 5.73 Å². The first kappa shape index (κ1) is 15.5. The lowest BCUT2D eigenvalue weighted by Crippen LogP contribution is -2.42. The molecule has 0 aliphatic heterocycles. The summed E-state index contributed by atoms with van der Waals surface area (Å²) >= 11 is 0. The molecule has 0 aliphatic carbocycles. The van der Waals surface area contributed by atoms with Crippen LogP contribution in [0.5, 0.6) is 5.75 Å². The highest BCUT2D eigenvalue weighted by atomic mass is 16.3. The molecule has 0 unspecified atom stereocenters. The minimum Gasteiger partial charge on any atom is -0.508 e. The van der Waals surface area contributed by atoms with Gasteiger partial charge in [-0.1, -0.05) is 6.07 Å². The molecule has 24 heavy (non-hydrogen) atoms. The molecule has 7 nitrogen and oxygen atoms in total. The molecule has 4 N–H and O–H groups in total. The van der Waals surface area contributed by atoms with Gasteiger partial charge in [0.2, 0.25) is 5.91 Å². The second-order valence-corrected chi connectivity index (χ2v) is 5.45. The van der Waals surface area contributed by atoms with Crippen LogP contribution >= 0.6 is 0 Å². The monoisotopic (exact) mass is 324 g/mol. The molecule has 0 bridgehead atoms. The molecule has 0 saturated heterocycles. The van der Waals surface area contributed by atoms with Crippen molar-refractivity contribution in [2.24, 2.45) is 5.73 Å². The molecule has 1 atom stereocenters. The number of aromatic nitrogens is 2. The van der Waals surface area contributed by atoms with E-state index in [-0.39, 0.29) is 5.75 Å². The van der Waals surface area contributed by atoms with Crippen molar-refractivity contribution in [3.8, 4) is 11.4 Å². The smallest absolute Gasteiger partial charge is 0.251 e. The zero-order chi connectivity index (χ0) is 17.3. The fourth-order valence-corrected chi connectivity index (χ4v) is 2.36. The Hall–Kier alpha value is -3.35. The molecule has 3 rings (SSSR count). The number of phenols is 1. The summed E-state index contributed by atoms with van der Waals surface area (Å²) in [6.07, 6.45) is 1.64. The second-order valence-electron chi connectivity index (χ2n) is 5.45. The molecule has 0 spiro atoms. The largest absolute Gasteiger partial charge is 0.508 e. The van der Waals surface area contributed by atoms with Gasteiger partial charge in [0.05, 0.1) is 17.4 Å². The molecule has 7 heteroatoms. The first-order chi connectivity index (χ1) is 11.5. The van der Waals surface area contributed by atoms with Crippen molar-refractivity contribution in [3.05, 3.63) is 54.2 Å². The van der Waals surface area contributed by atoms with E-state index in [1.807, 2.05) is 6.07 Å². The van der Waals surface area contributed by atoms with Crippen LogP contribution < -0.4 is 11.1 Å². The molecule has 1 aromatic heterocycles. The third-order valence-corrected chi connectivity index (χ3v) is 3.68. The van der Waals surface area contributed by atoms with E-state index in [9.17, 15) is 14.7 Å². The zero-order valence-electron chi connectivity index (χ0n) is 12.9. The molecule has 3 aromatic rings. The number of rotatable bonds is 4. The Labute approximate surface area is 137 Å². The van der Waals surface area contributed by atoms with E-state index in [0.29, 0.717) is 11.3 Å². The van der Waals surface area contributed by atoms with Crippen LogP contribution in [0.15, 0.2) is 48.7 Å². The maximum absolute atomic E-state index is 12.2. The van der Waals surface area contributed by atoms with Gasteiger partial charge in [0.1, 0.15) is 11.8 Å². The van der Waals surface area contributed by atoms with Gasteiger partial charge in [-0.15, -0.1) is 0 Å². The van der Waals surface area contributed by atoms with Gasteiger partial charge in [0, 0.05) is 10.9 Å². The van der Waals surface area contributed by atoms with Crippen LogP contribution in [0.3, 0.4) is 0 Å². The highest BCUT2D eigenvalue weighted by Gasteiger charge is 2.14. The summed E-state index contributed by atoms with van der Waals surface area (Å²) in [5, 5.41) is 17.1. The van der Waals surface area contributed by atoms with Crippen LogP contribution in [-0.2, 0) is 4.79 Å². The number of aromatic hydroxyl groups is 1. The molecule has 0 radical (unpaired) electrons. The van der Waals surface area contributed by atoms with Crippen molar-refractivity contribution in [3.63, 3.8) is 0 Å². The summed E-state index contributed by atoms with van der Waals surface area (Å²) in [5.41, 5.74) is 7.04. The molecular weight excluding hydrogens is 308 g/mol. The second kappa shape index (κ2) is 6.04. The number of carbonyl (C=O) groups is 2. The number of benzene rings is 2. The standard InChI is InChI=1S/C17H16N4O3/c1-10(16(18)23)20-17(24)11-3-2-4-13(7-11)21-15-6-5-14(22)8-12(15)9-19-21/h2-10,22H,1H3,(H2,18,23)(H,20,24)/t10-/m0/s1. The Morgan fingerprint density at radius 3 is 2.79 bits per heavy atom. The first-order valence-corrected chi connectivity index (χ1v) is 7.33. The third kappa shape index (κ3) is 2.91. The fraction of sp³-hybridized carbons (Fsp3) is 0.118. The summed E-state index contributed by atoms with van der Waals surface area (Å²) in [6.45, 7) is 1.53. The Morgan fingerprint density at radius 1 is 1.25 bits per heavy atom. The van der Waals surface area contributed by atoms with Crippen LogP contribution in [0.4, 0.5) is 0 Å². The molecule has 0 saturated carbocycles. The number of carbonyl (C=O) groups excluding carboxylic acids is 2. The molecule has 122 valence electrons. The number of nitrogens with two attached hydrogens (primary N) is 1. The van der Waals surface area contributed by atoms with Crippen molar-refractivity contribution >= 4 is 22.7 Å². The van der Waals surface area contributed by atoms with Crippen LogP contribution in [0.25, 0.3) is 16.6 Å². The number of nitrogens with one attached hydrogen (secondary N) is 1. The summed E-state index contributed by atoms with van der Waals surface area (Å²) in [4.78, 5) is 23.3. The van der Waals surface area contributed by atoms with E-state index in [2.05, 4.69) is 10.4 Å². The molecule has 0 aliphatic rings. The van der Waals surface area contributed by atoms with Crippen LogP contribution in [0, 0.1) is 0 Å². The highest BCUT2D eigenvalue weighted by molar-refractivity contribution is 5.97. The number of phenolic OH excluding ortho intramolecular Hbond substituents is 1. The van der Waals surface area contributed by atoms with E-state index < -0.39 is 17.9 Å². The van der Waals surface area contributed by atoms with Crippen molar-refractivity contribution in [1.29, 1.82) is 0 Å². The normalized spacial score (nSPS) is 12.0. The minimum atomic E-state index is -0.755. The summed E-state index contributed by atoms with van der Waals surface area (Å²) in [7, 11) is 0. The number of fused-ring (bicyclic) bond motifs is 1. The van der Waals surface area contributed by atoms with Gasteiger partial charge in [0.25, 0.3) is 5.91 Å². The van der Waals surface area contributed by atoms with Gasteiger partial charge in [-0.05, 0) is 43.3 Å². The van der Waals surface area contributed by atoms with Gasteiger partial charge in [-0.25, -0.2) is 4.68 Å². The molecule has 0 fully saturated rings. The predicted octanol–water partition coefficient (Wildman–Crippen LogP) is 1.33. The van der Waals surface area contributed by atoms with Crippen molar-refractivity contribution in [1.82, 2.24) is 15.1 Å². The number of primary amides is 1. The summed E-state index contributed by atoms with van der Waals surface area (Å²) in [5.74, 6) is -0.828. The average molecular weight is 324 g/mol. The van der Waals surface area contributed by atoms with Crippen molar-refractivity contribution in [2.75, 3.05) is 0 Å². The molecule has 1 heterocycles. The van der Waals surface area contributed by atoms with E-state index in [1.165, 1.54) is 6.92 Å². The zero-order valence-corrected chi connectivity index (χ0v) is 12.9. The summed E-state index contributed by atoms with van der Waals surface area (Å²) < 4.78 is 1.67. The number of nitrogens with zero attached hydrogens (tertiary/aromatic N) is 2. The maximum Gasteiger partial charge on any atom is 0.251 e. The molecule has 2 aromatic carbocycles. The minimum absolute atomic E-state index is 0.163. The Balaban J connectivity index is 1.95. The SMILES string of the molecule is C[C@H](NC(=O)c1cccc(-n2ncc3cc(O)ccc32)c1)C(N)=O. The maximum atomic E-state index is 12.2. The highest BCUT2D eigenvalue weighted by Crippen LogP contribution is 2.22. The first-order valence-electron chi connectivity index (χ1n) is 7.33. The van der Waals surface area contributed by atoms with Gasteiger partial charge >= 0.3 is 0 Å². The van der Waals surface area contributed by atoms with Crippen LogP contribution in [0.2, 0.25) is 0 Å². The lowest BCUT2D eigenvalue weighted by Gasteiger charge is -2.11. The fourth-order valence-electron chi connectivity index (χ4n) is 2.36. The van der Waals surface area contributed by atoms with Crippen LogP contribution in [-0.4, -0.2) is 32.7 Å². The van der Waals surface area contributed by atoms with E-state index >= 15 is 0 Å². The molecular formula is C17H16N4O3. The quantitative estimate of drug-likeness (QED) is 0.672. The Bertz CT molecular complexity index is 932. The number of amides is 2. The lowest BCUT2D eigenvalue weighted by atomic mass is 10.1. The lowest BCUT2D eigenvalue weighted by molar-refractivity contribution is -0.119. The van der Waals surface area contributed by atoms with Gasteiger partial charge in [-0.2, -0.15) is 5.10 Å². The van der Waals surface area contributed by atoms with E-state index in [1.54, 1.807) is 47.3 Å².